The third kappa shape index (κ3) is 5.49. The van der Waals surface area contributed by atoms with Gasteiger partial charge in [-0.1, -0.05) is 0 Å². The predicted octanol–water partition coefficient (Wildman–Crippen LogP) is 4.31. The first kappa shape index (κ1) is 26.1. The minimum Gasteiger partial charge on any atom is -0.482 e. The van der Waals surface area contributed by atoms with Crippen molar-refractivity contribution in [3.8, 4) is 5.75 Å². The molecule has 6 heterocycles. The van der Waals surface area contributed by atoms with E-state index in [4.69, 9.17) is 24.2 Å². The van der Waals surface area contributed by atoms with Crippen LogP contribution in [0.25, 0.3) is 0 Å². The number of fused-ring (bicyclic) bond motifs is 2. The number of piperidine rings is 1. The zero-order valence-electron chi connectivity index (χ0n) is 23.5. The molecule has 2 aromatic heterocycles. The molecular weight excluding hydrogens is 496 g/mol. The SMILES string of the molecule is C[C@H]1Oc2cnc(C3CCN(C4CN(C(=O)OC(C)(C)C)C4)CC3)cc2Nc2nccc(N3CCOCC3)c21. The Bertz CT molecular complexity index is 1200. The highest BCUT2D eigenvalue weighted by Gasteiger charge is 2.38. The third-order valence-electron chi connectivity index (χ3n) is 8.15. The van der Waals surface area contributed by atoms with Gasteiger partial charge in [-0.05, 0) is 65.8 Å². The van der Waals surface area contributed by atoms with Crippen LogP contribution in [-0.2, 0) is 9.47 Å². The molecule has 3 saturated heterocycles. The number of nitrogens with one attached hydrogen (secondary N) is 1. The molecule has 4 aliphatic heterocycles. The molecule has 10 nitrogen and oxygen atoms in total. The highest BCUT2D eigenvalue weighted by Crippen LogP contribution is 2.43. The van der Waals surface area contributed by atoms with Crippen LogP contribution in [0, 0.1) is 0 Å². The Morgan fingerprint density at radius 2 is 1.85 bits per heavy atom. The molecule has 39 heavy (non-hydrogen) atoms. The number of aromatic nitrogens is 2. The van der Waals surface area contributed by atoms with E-state index in [2.05, 4.69) is 34.2 Å². The van der Waals surface area contributed by atoms with Crippen LogP contribution in [0.5, 0.6) is 5.75 Å². The standard InChI is InChI=1S/C29H40N6O4/c1-19-26-24(34-11-13-37-14-12-34)5-8-30-27(26)32-23-15-22(31-16-25(23)38-19)20-6-9-33(10-7-20)21-17-35(18-21)28(36)39-29(2,3)4/h5,8,15-16,19-21H,6-7,9-14,17-18H2,1-4H3,(H,30,32)/t19-/m1/s1. The molecule has 0 spiro atoms. The van der Waals surface area contributed by atoms with Gasteiger partial charge in [-0.15, -0.1) is 0 Å². The Balaban J connectivity index is 1.10. The van der Waals surface area contributed by atoms with Crippen LogP contribution in [0.15, 0.2) is 24.5 Å². The van der Waals surface area contributed by atoms with Gasteiger partial charge >= 0.3 is 6.09 Å². The fraction of sp³-hybridized carbons (Fsp3) is 0.621. The summed E-state index contributed by atoms with van der Waals surface area (Å²) in [6, 6.07) is 4.64. The molecule has 0 radical (unpaired) electrons. The monoisotopic (exact) mass is 536 g/mol. The van der Waals surface area contributed by atoms with Gasteiger partial charge in [0, 0.05) is 55.7 Å². The summed E-state index contributed by atoms with van der Waals surface area (Å²) in [5.74, 6) is 1.99. The summed E-state index contributed by atoms with van der Waals surface area (Å²) in [7, 11) is 0. The van der Waals surface area contributed by atoms with Crippen molar-refractivity contribution in [1.82, 2.24) is 19.8 Å². The number of pyridine rings is 2. The van der Waals surface area contributed by atoms with Crippen LogP contribution in [0.3, 0.4) is 0 Å². The molecule has 1 amide bonds. The van der Waals surface area contributed by atoms with Crippen LogP contribution in [0.4, 0.5) is 22.0 Å². The molecule has 3 fully saturated rings. The third-order valence-corrected chi connectivity index (χ3v) is 8.15. The summed E-state index contributed by atoms with van der Waals surface area (Å²) in [5, 5.41) is 3.58. The van der Waals surface area contributed by atoms with Gasteiger partial charge in [-0.25, -0.2) is 9.78 Å². The predicted molar refractivity (Wildman–Crippen MR) is 149 cm³/mol. The largest absolute Gasteiger partial charge is 0.482 e. The van der Waals surface area contributed by atoms with Crippen LogP contribution >= 0.6 is 0 Å². The Morgan fingerprint density at radius 1 is 1.10 bits per heavy atom. The average molecular weight is 537 g/mol. The summed E-state index contributed by atoms with van der Waals surface area (Å²) in [6.45, 7) is 14.5. The zero-order chi connectivity index (χ0) is 27.1. The van der Waals surface area contributed by atoms with Crippen molar-refractivity contribution in [2.24, 2.45) is 0 Å². The molecule has 0 saturated carbocycles. The number of carbonyl (C=O) groups excluding carboxylic acids is 1. The van der Waals surface area contributed by atoms with E-state index in [0.717, 1.165) is 99.5 Å². The minimum absolute atomic E-state index is 0.154. The molecule has 4 aliphatic rings. The molecule has 0 unspecified atom stereocenters. The second-order valence-electron chi connectivity index (χ2n) is 12.0. The number of amides is 1. The maximum absolute atomic E-state index is 12.3. The molecule has 10 heteroatoms. The average Bonchev–Trinajstić information content (AvgIpc) is 3.03. The number of ether oxygens (including phenoxy) is 3. The van der Waals surface area contributed by atoms with E-state index >= 15 is 0 Å². The van der Waals surface area contributed by atoms with Crippen LogP contribution in [0.2, 0.25) is 0 Å². The van der Waals surface area contributed by atoms with E-state index in [-0.39, 0.29) is 12.2 Å². The minimum atomic E-state index is -0.456. The lowest BCUT2D eigenvalue weighted by atomic mass is 9.91. The van der Waals surface area contributed by atoms with Crippen molar-refractivity contribution in [3.63, 3.8) is 0 Å². The Kier molecular flexibility index (Phi) is 7.01. The second-order valence-corrected chi connectivity index (χ2v) is 12.0. The number of hydrogen-bond acceptors (Lipinski definition) is 9. The first-order valence-electron chi connectivity index (χ1n) is 14.2. The fourth-order valence-corrected chi connectivity index (χ4v) is 6.02. The van der Waals surface area contributed by atoms with E-state index in [0.29, 0.717) is 12.0 Å². The molecule has 1 atom stereocenters. The quantitative estimate of drug-likeness (QED) is 0.616. The summed E-state index contributed by atoms with van der Waals surface area (Å²) >= 11 is 0. The smallest absolute Gasteiger partial charge is 0.410 e. The lowest BCUT2D eigenvalue weighted by Crippen LogP contribution is -2.62. The molecule has 2 aromatic rings. The van der Waals surface area contributed by atoms with Crippen molar-refractivity contribution in [2.75, 3.05) is 62.7 Å². The summed E-state index contributed by atoms with van der Waals surface area (Å²) in [5.41, 5.74) is 3.78. The van der Waals surface area contributed by atoms with Crippen LogP contribution in [-0.4, -0.2) is 90.0 Å². The van der Waals surface area contributed by atoms with Gasteiger partial charge < -0.3 is 29.3 Å². The van der Waals surface area contributed by atoms with E-state index in [1.807, 2.05) is 33.2 Å². The van der Waals surface area contributed by atoms with Gasteiger partial charge in [0.15, 0.2) is 5.75 Å². The Morgan fingerprint density at radius 3 is 2.56 bits per heavy atom. The summed E-state index contributed by atoms with van der Waals surface area (Å²) in [6.07, 6.45) is 5.46. The van der Waals surface area contributed by atoms with Gasteiger partial charge in [-0.2, -0.15) is 0 Å². The Labute approximate surface area is 230 Å². The van der Waals surface area contributed by atoms with Crippen LogP contribution < -0.4 is 15.0 Å². The molecule has 0 bridgehead atoms. The normalized spacial score (nSPS) is 22.6. The number of anilines is 3. The van der Waals surface area contributed by atoms with E-state index in [1.54, 1.807) is 4.90 Å². The van der Waals surface area contributed by atoms with Crippen LogP contribution in [0.1, 0.15) is 63.8 Å². The van der Waals surface area contributed by atoms with E-state index in [9.17, 15) is 4.79 Å². The van der Waals surface area contributed by atoms with E-state index < -0.39 is 5.60 Å². The van der Waals surface area contributed by atoms with Crippen molar-refractivity contribution in [1.29, 1.82) is 0 Å². The lowest BCUT2D eigenvalue weighted by molar-refractivity contribution is -0.0197. The first-order chi connectivity index (χ1) is 18.7. The second kappa shape index (κ2) is 10.5. The highest BCUT2D eigenvalue weighted by atomic mass is 16.6. The molecule has 1 N–H and O–H groups in total. The van der Waals surface area contributed by atoms with E-state index in [1.165, 1.54) is 0 Å². The molecule has 0 aliphatic carbocycles. The maximum atomic E-state index is 12.3. The first-order valence-corrected chi connectivity index (χ1v) is 14.2. The maximum Gasteiger partial charge on any atom is 0.410 e. The number of likely N-dealkylation sites (tertiary alicyclic amines) is 2. The zero-order valence-corrected chi connectivity index (χ0v) is 23.5. The fourth-order valence-electron chi connectivity index (χ4n) is 6.02. The molecular formula is C29H40N6O4. The van der Waals surface area contributed by atoms with Gasteiger partial charge in [0.1, 0.15) is 17.5 Å². The molecule has 0 aromatic carbocycles. The number of rotatable bonds is 3. The highest BCUT2D eigenvalue weighted by molar-refractivity contribution is 5.73. The lowest BCUT2D eigenvalue weighted by Gasteiger charge is -2.47. The number of hydrogen-bond donors (Lipinski definition) is 1. The Hall–Kier alpha value is -3.11. The van der Waals surface area contributed by atoms with Crippen molar-refractivity contribution in [2.45, 2.75) is 64.2 Å². The number of nitrogens with zero attached hydrogens (tertiary/aromatic N) is 5. The van der Waals surface area contributed by atoms with Crippen molar-refractivity contribution < 1.29 is 19.0 Å². The van der Waals surface area contributed by atoms with Gasteiger partial charge in [0.25, 0.3) is 0 Å². The van der Waals surface area contributed by atoms with Gasteiger partial charge in [-0.3, -0.25) is 9.88 Å². The number of morpholine rings is 1. The number of carbonyl (C=O) groups is 1. The van der Waals surface area contributed by atoms with Crippen molar-refractivity contribution in [3.05, 3.63) is 35.8 Å². The summed E-state index contributed by atoms with van der Waals surface area (Å²) < 4.78 is 17.5. The summed E-state index contributed by atoms with van der Waals surface area (Å²) in [4.78, 5) is 28.5. The van der Waals surface area contributed by atoms with Gasteiger partial charge in [0.05, 0.1) is 30.7 Å². The van der Waals surface area contributed by atoms with Gasteiger partial charge in [0.2, 0.25) is 0 Å². The molecule has 210 valence electrons. The topological polar surface area (TPSA) is 92.3 Å². The molecule has 6 rings (SSSR count). The van der Waals surface area contributed by atoms with Crippen molar-refractivity contribution >= 4 is 23.3 Å².